The van der Waals surface area contributed by atoms with E-state index in [0.29, 0.717) is 0 Å². The molecule has 1 unspecified atom stereocenters. The highest BCUT2D eigenvalue weighted by Crippen LogP contribution is 2.19. The van der Waals surface area contributed by atoms with Crippen LogP contribution in [0.5, 0.6) is 0 Å². The quantitative estimate of drug-likeness (QED) is 0.811. The monoisotopic (exact) mass is 270 g/mol. The maximum atomic E-state index is 4.20. The predicted molar refractivity (Wildman–Crippen MR) is 69.3 cm³/mol. The van der Waals surface area contributed by atoms with E-state index >= 15 is 0 Å². The van der Waals surface area contributed by atoms with Gasteiger partial charge in [-0.2, -0.15) is 0 Å². The fourth-order valence-corrected chi connectivity index (χ4v) is 1.85. The smallest absolute Gasteiger partial charge is 0.0564 e. The number of nitrogens with zero attached hydrogens (tertiary/aromatic N) is 2. The van der Waals surface area contributed by atoms with Crippen molar-refractivity contribution >= 4 is 21.6 Å². The van der Waals surface area contributed by atoms with Crippen LogP contribution in [0.4, 0.5) is 5.69 Å². The molecule has 0 bridgehead atoms. The van der Waals surface area contributed by atoms with Crippen LogP contribution in [0.1, 0.15) is 27.2 Å². The third-order valence-corrected chi connectivity index (χ3v) is 3.10. The average molecular weight is 271 g/mol. The zero-order valence-electron chi connectivity index (χ0n) is 9.70. The third kappa shape index (κ3) is 3.82. The summed E-state index contributed by atoms with van der Waals surface area (Å²) in [4.78, 5) is 6.56. The Morgan fingerprint density at radius 1 is 1.40 bits per heavy atom. The van der Waals surface area contributed by atoms with Gasteiger partial charge in [-0.05, 0) is 34.8 Å². The summed E-state index contributed by atoms with van der Waals surface area (Å²) in [6.45, 7) is 8.84. The first-order valence-electron chi connectivity index (χ1n) is 5.52. The van der Waals surface area contributed by atoms with Crippen LogP contribution in [-0.4, -0.2) is 18.1 Å². The molecular formula is C12H19BrN2. The molecule has 15 heavy (non-hydrogen) atoms. The van der Waals surface area contributed by atoms with Crippen molar-refractivity contribution in [3.8, 4) is 0 Å². The van der Waals surface area contributed by atoms with Gasteiger partial charge in [0.1, 0.15) is 0 Å². The lowest BCUT2D eigenvalue weighted by Crippen LogP contribution is -2.28. The van der Waals surface area contributed by atoms with Crippen molar-refractivity contribution in [3.63, 3.8) is 0 Å². The Balaban J connectivity index is 2.73. The van der Waals surface area contributed by atoms with E-state index in [1.165, 1.54) is 12.1 Å². The number of hydrogen-bond acceptors (Lipinski definition) is 2. The fraction of sp³-hybridized carbons (Fsp3) is 0.583. The van der Waals surface area contributed by atoms with Gasteiger partial charge in [0, 0.05) is 23.8 Å². The van der Waals surface area contributed by atoms with E-state index in [1.54, 1.807) is 0 Å². The second-order valence-electron chi connectivity index (χ2n) is 3.91. The molecule has 0 N–H and O–H groups in total. The molecule has 0 amide bonds. The highest BCUT2D eigenvalue weighted by molar-refractivity contribution is 9.10. The third-order valence-electron chi connectivity index (χ3n) is 2.67. The lowest BCUT2D eigenvalue weighted by atomic mass is 10.1. The van der Waals surface area contributed by atoms with Crippen LogP contribution >= 0.6 is 15.9 Å². The molecule has 0 aromatic carbocycles. The van der Waals surface area contributed by atoms with Gasteiger partial charge in [-0.15, -0.1) is 0 Å². The summed E-state index contributed by atoms with van der Waals surface area (Å²) in [7, 11) is 0. The van der Waals surface area contributed by atoms with Crippen LogP contribution in [0, 0.1) is 5.92 Å². The molecular weight excluding hydrogens is 252 g/mol. The van der Waals surface area contributed by atoms with Crippen LogP contribution in [0.3, 0.4) is 0 Å². The van der Waals surface area contributed by atoms with E-state index in [4.69, 9.17) is 0 Å². The van der Waals surface area contributed by atoms with Crippen molar-refractivity contribution in [2.24, 2.45) is 5.92 Å². The molecule has 3 heteroatoms. The van der Waals surface area contributed by atoms with Gasteiger partial charge in [-0.25, -0.2) is 0 Å². The lowest BCUT2D eigenvalue weighted by Gasteiger charge is -2.25. The van der Waals surface area contributed by atoms with Crippen LogP contribution in [-0.2, 0) is 0 Å². The van der Waals surface area contributed by atoms with Gasteiger partial charge in [-0.1, -0.05) is 20.3 Å². The van der Waals surface area contributed by atoms with Gasteiger partial charge in [0.2, 0.25) is 0 Å². The first-order chi connectivity index (χ1) is 7.17. The van der Waals surface area contributed by atoms with Crippen LogP contribution in [0.15, 0.2) is 22.9 Å². The summed E-state index contributed by atoms with van der Waals surface area (Å²) in [6, 6.07) is 2.12. The zero-order chi connectivity index (χ0) is 11.3. The van der Waals surface area contributed by atoms with E-state index in [2.05, 4.69) is 52.7 Å². The summed E-state index contributed by atoms with van der Waals surface area (Å²) >= 11 is 3.45. The molecule has 1 rings (SSSR count). The van der Waals surface area contributed by atoms with E-state index < -0.39 is 0 Å². The maximum Gasteiger partial charge on any atom is 0.0564 e. The first kappa shape index (κ1) is 12.5. The molecule has 0 saturated carbocycles. The lowest BCUT2D eigenvalue weighted by molar-refractivity contribution is 0.548. The molecule has 1 aromatic rings. The molecule has 0 aliphatic rings. The SMILES string of the molecule is CCC(C)CN(CC)c1cncc(Br)c1. The molecule has 1 heterocycles. The maximum absolute atomic E-state index is 4.20. The van der Waals surface area contributed by atoms with Crippen molar-refractivity contribution in [1.82, 2.24) is 4.98 Å². The van der Waals surface area contributed by atoms with Crippen LogP contribution in [0.25, 0.3) is 0 Å². The molecule has 0 aliphatic carbocycles. The molecule has 1 aromatic heterocycles. The van der Waals surface area contributed by atoms with Gasteiger partial charge < -0.3 is 4.90 Å². The normalized spacial score (nSPS) is 12.5. The number of halogens is 1. The first-order valence-corrected chi connectivity index (χ1v) is 6.32. The minimum atomic E-state index is 0.726. The van der Waals surface area contributed by atoms with E-state index in [1.807, 2.05) is 12.4 Å². The van der Waals surface area contributed by atoms with Crippen molar-refractivity contribution in [1.29, 1.82) is 0 Å². The Morgan fingerprint density at radius 3 is 2.67 bits per heavy atom. The average Bonchev–Trinajstić information content (AvgIpc) is 2.25. The molecule has 0 spiro atoms. The van der Waals surface area contributed by atoms with Crippen LogP contribution < -0.4 is 4.90 Å². The molecule has 0 aliphatic heterocycles. The topological polar surface area (TPSA) is 16.1 Å². The van der Waals surface area contributed by atoms with E-state index in [-0.39, 0.29) is 0 Å². The Labute approximate surface area is 101 Å². The summed E-state index contributed by atoms with van der Waals surface area (Å²) in [5, 5.41) is 0. The van der Waals surface area contributed by atoms with Gasteiger partial charge in [0.05, 0.1) is 11.9 Å². The zero-order valence-corrected chi connectivity index (χ0v) is 11.3. The highest BCUT2D eigenvalue weighted by Gasteiger charge is 2.08. The van der Waals surface area contributed by atoms with Gasteiger partial charge in [-0.3, -0.25) is 4.98 Å². The summed E-state index contributed by atoms with van der Waals surface area (Å²) in [5.74, 6) is 0.726. The Morgan fingerprint density at radius 2 is 2.13 bits per heavy atom. The van der Waals surface area contributed by atoms with E-state index in [9.17, 15) is 0 Å². The van der Waals surface area contributed by atoms with Gasteiger partial charge in [0.15, 0.2) is 0 Å². The van der Waals surface area contributed by atoms with Crippen molar-refractivity contribution in [3.05, 3.63) is 22.9 Å². The Kier molecular flexibility index (Phi) is 5.09. The predicted octanol–water partition coefficient (Wildman–Crippen LogP) is 3.72. The summed E-state index contributed by atoms with van der Waals surface area (Å²) in [6.07, 6.45) is 4.97. The molecule has 0 fully saturated rings. The molecule has 0 saturated heterocycles. The van der Waals surface area contributed by atoms with Crippen molar-refractivity contribution in [2.45, 2.75) is 27.2 Å². The van der Waals surface area contributed by atoms with Crippen LogP contribution in [0.2, 0.25) is 0 Å². The molecule has 0 radical (unpaired) electrons. The second-order valence-corrected chi connectivity index (χ2v) is 4.83. The van der Waals surface area contributed by atoms with E-state index in [0.717, 1.165) is 23.5 Å². The van der Waals surface area contributed by atoms with Gasteiger partial charge in [0.25, 0.3) is 0 Å². The number of rotatable bonds is 5. The number of hydrogen-bond donors (Lipinski definition) is 0. The standard InChI is InChI=1S/C12H19BrN2/c1-4-10(3)9-15(5-2)12-6-11(13)7-14-8-12/h6-8,10H,4-5,9H2,1-3H3. The highest BCUT2D eigenvalue weighted by atomic mass is 79.9. The molecule has 84 valence electrons. The number of pyridine rings is 1. The Hall–Kier alpha value is -0.570. The number of aromatic nitrogens is 1. The van der Waals surface area contributed by atoms with Crippen molar-refractivity contribution < 1.29 is 0 Å². The fourth-order valence-electron chi connectivity index (χ4n) is 1.50. The summed E-state index contributed by atoms with van der Waals surface area (Å²) in [5.41, 5.74) is 1.20. The molecule has 1 atom stereocenters. The largest absolute Gasteiger partial charge is 0.370 e. The minimum Gasteiger partial charge on any atom is -0.370 e. The van der Waals surface area contributed by atoms with Crippen molar-refractivity contribution in [2.75, 3.05) is 18.0 Å². The molecule has 2 nitrogen and oxygen atoms in total. The second kappa shape index (κ2) is 6.11. The summed E-state index contributed by atoms with van der Waals surface area (Å²) < 4.78 is 1.04. The van der Waals surface area contributed by atoms with Gasteiger partial charge >= 0.3 is 0 Å². The minimum absolute atomic E-state index is 0.726. The number of anilines is 1. The Bertz CT molecular complexity index is 301.